The molecule has 0 fully saturated rings. The standard InChI is InChI=1S/C20H22BrOP/c1-13(2)23(22,14(3)4)20-17-11-7-5-9-15(17)19(21)16-10-6-8-12-18(16)20/h5-14H,1-4H3. The third-order valence-electron chi connectivity index (χ3n) is 4.72. The first-order valence-electron chi connectivity index (χ1n) is 8.08. The lowest BCUT2D eigenvalue weighted by atomic mass is 10.0. The van der Waals surface area contributed by atoms with Crippen molar-refractivity contribution in [2.24, 2.45) is 0 Å². The predicted octanol–water partition coefficient (Wildman–Crippen LogP) is 6.56. The zero-order chi connectivity index (χ0) is 16.8. The van der Waals surface area contributed by atoms with Crippen LogP contribution < -0.4 is 5.30 Å². The molecule has 0 atom stereocenters. The molecule has 0 aromatic heterocycles. The molecule has 0 heterocycles. The molecule has 0 N–H and O–H groups in total. The number of hydrogen-bond acceptors (Lipinski definition) is 1. The van der Waals surface area contributed by atoms with Gasteiger partial charge in [0, 0.05) is 21.1 Å². The van der Waals surface area contributed by atoms with E-state index in [-0.39, 0.29) is 11.3 Å². The second-order valence-corrected chi connectivity index (χ2v) is 11.4. The molecule has 0 aliphatic rings. The number of fused-ring (bicyclic) bond motifs is 2. The van der Waals surface area contributed by atoms with E-state index in [2.05, 4.69) is 67.9 Å². The maximum absolute atomic E-state index is 14.1. The summed E-state index contributed by atoms with van der Waals surface area (Å²) in [5, 5.41) is 5.56. The third kappa shape index (κ3) is 2.47. The molecule has 3 aromatic rings. The van der Waals surface area contributed by atoms with Crippen LogP contribution in [0, 0.1) is 0 Å². The minimum Gasteiger partial charge on any atom is -0.318 e. The maximum atomic E-state index is 14.1. The summed E-state index contributed by atoms with van der Waals surface area (Å²) in [7, 11) is -2.55. The molecule has 120 valence electrons. The second-order valence-electron chi connectivity index (χ2n) is 6.65. The van der Waals surface area contributed by atoms with E-state index >= 15 is 0 Å². The van der Waals surface area contributed by atoms with E-state index in [9.17, 15) is 4.57 Å². The quantitative estimate of drug-likeness (QED) is 0.366. The summed E-state index contributed by atoms with van der Waals surface area (Å²) in [6.45, 7) is 8.36. The first-order chi connectivity index (χ1) is 10.9. The van der Waals surface area contributed by atoms with E-state index < -0.39 is 7.14 Å². The number of hydrogen-bond donors (Lipinski definition) is 0. The van der Waals surface area contributed by atoms with E-state index in [1.807, 2.05) is 24.3 Å². The van der Waals surface area contributed by atoms with Gasteiger partial charge in [-0.05, 0) is 37.5 Å². The molecule has 3 rings (SSSR count). The average molecular weight is 389 g/mol. The molecule has 0 saturated heterocycles. The molecular weight excluding hydrogens is 367 g/mol. The molecule has 0 aliphatic heterocycles. The summed E-state index contributed by atoms with van der Waals surface area (Å²) in [6.07, 6.45) is 0. The fraction of sp³-hybridized carbons (Fsp3) is 0.300. The molecule has 0 aliphatic carbocycles. The van der Waals surface area contributed by atoms with Gasteiger partial charge in [-0.15, -0.1) is 0 Å². The lowest BCUT2D eigenvalue weighted by molar-refractivity contribution is 0.569. The minimum absolute atomic E-state index is 0.121. The second kappa shape index (κ2) is 6.07. The summed E-state index contributed by atoms with van der Waals surface area (Å²) in [5.74, 6) is 0. The molecule has 0 saturated carbocycles. The number of benzene rings is 3. The van der Waals surface area contributed by atoms with Crippen molar-refractivity contribution in [1.29, 1.82) is 0 Å². The Labute approximate surface area is 146 Å². The molecular formula is C20H22BrOP. The summed E-state index contributed by atoms with van der Waals surface area (Å²) in [4.78, 5) is 0. The van der Waals surface area contributed by atoms with Crippen LogP contribution in [0.3, 0.4) is 0 Å². The fourth-order valence-electron chi connectivity index (χ4n) is 3.54. The monoisotopic (exact) mass is 388 g/mol. The average Bonchev–Trinajstić information content (AvgIpc) is 2.54. The van der Waals surface area contributed by atoms with Crippen molar-refractivity contribution in [3.8, 4) is 0 Å². The largest absolute Gasteiger partial charge is 0.318 e. The predicted molar refractivity (Wildman–Crippen MR) is 107 cm³/mol. The Morgan fingerprint density at radius 2 is 1.09 bits per heavy atom. The van der Waals surface area contributed by atoms with Crippen LogP contribution in [-0.4, -0.2) is 11.3 Å². The van der Waals surface area contributed by atoms with Crippen LogP contribution in [0.25, 0.3) is 21.5 Å². The normalized spacial score (nSPS) is 12.7. The van der Waals surface area contributed by atoms with Crippen LogP contribution in [-0.2, 0) is 4.57 Å². The molecule has 0 radical (unpaired) electrons. The highest BCUT2D eigenvalue weighted by Gasteiger charge is 2.35. The van der Waals surface area contributed by atoms with Crippen LogP contribution in [0.4, 0.5) is 0 Å². The maximum Gasteiger partial charge on any atom is 0.121 e. The first-order valence-corrected chi connectivity index (χ1v) is 10.7. The van der Waals surface area contributed by atoms with Gasteiger partial charge in [0.25, 0.3) is 0 Å². The van der Waals surface area contributed by atoms with Gasteiger partial charge in [0.15, 0.2) is 0 Å². The summed E-state index contributed by atoms with van der Waals surface area (Å²) in [6, 6.07) is 16.6. The van der Waals surface area contributed by atoms with E-state index in [0.717, 1.165) is 31.3 Å². The van der Waals surface area contributed by atoms with E-state index in [4.69, 9.17) is 0 Å². The molecule has 1 nitrogen and oxygen atoms in total. The van der Waals surface area contributed by atoms with Gasteiger partial charge in [-0.25, -0.2) is 0 Å². The SMILES string of the molecule is CC(C)P(=O)(c1c2ccccc2c(Br)c2ccccc12)C(C)C. The third-order valence-corrected chi connectivity index (χ3v) is 9.82. The van der Waals surface area contributed by atoms with Crippen molar-refractivity contribution >= 4 is 49.9 Å². The van der Waals surface area contributed by atoms with Gasteiger partial charge in [-0.3, -0.25) is 0 Å². The highest BCUT2D eigenvalue weighted by Crippen LogP contribution is 2.57. The Bertz CT molecular complexity index is 858. The van der Waals surface area contributed by atoms with Gasteiger partial charge in [-0.2, -0.15) is 0 Å². The summed E-state index contributed by atoms with van der Waals surface area (Å²) < 4.78 is 15.2. The van der Waals surface area contributed by atoms with Crippen LogP contribution in [0.1, 0.15) is 27.7 Å². The van der Waals surface area contributed by atoms with Crippen molar-refractivity contribution in [3.05, 3.63) is 53.0 Å². The van der Waals surface area contributed by atoms with Gasteiger partial charge in [0.2, 0.25) is 0 Å². The van der Waals surface area contributed by atoms with Crippen molar-refractivity contribution in [2.45, 2.75) is 39.0 Å². The van der Waals surface area contributed by atoms with Crippen molar-refractivity contribution in [1.82, 2.24) is 0 Å². The molecule has 0 amide bonds. The Morgan fingerprint density at radius 3 is 1.43 bits per heavy atom. The van der Waals surface area contributed by atoms with Crippen LogP contribution in [0.2, 0.25) is 0 Å². The Balaban J connectivity index is 2.62. The van der Waals surface area contributed by atoms with Gasteiger partial charge >= 0.3 is 0 Å². The summed E-state index contributed by atoms with van der Waals surface area (Å²) in [5.41, 5.74) is 0.242. The zero-order valence-corrected chi connectivity index (χ0v) is 16.5. The Hall–Kier alpha value is -1.11. The van der Waals surface area contributed by atoms with Gasteiger partial charge in [0.05, 0.1) is 0 Å². The number of halogens is 1. The van der Waals surface area contributed by atoms with Crippen LogP contribution >= 0.6 is 23.1 Å². The molecule has 23 heavy (non-hydrogen) atoms. The Kier molecular flexibility index (Phi) is 4.42. The van der Waals surface area contributed by atoms with E-state index in [1.54, 1.807) is 0 Å². The van der Waals surface area contributed by atoms with Crippen molar-refractivity contribution in [2.75, 3.05) is 0 Å². The topological polar surface area (TPSA) is 17.1 Å². The Morgan fingerprint density at radius 1 is 0.739 bits per heavy atom. The molecule has 3 heteroatoms. The minimum atomic E-state index is -2.55. The molecule has 3 aromatic carbocycles. The highest BCUT2D eigenvalue weighted by atomic mass is 79.9. The van der Waals surface area contributed by atoms with Crippen LogP contribution in [0.5, 0.6) is 0 Å². The molecule has 0 unspecified atom stereocenters. The molecule has 0 bridgehead atoms. The van der Waals surface area contributed by atoms with E-state index in [0.29, 0.717) is 0 Å². The van der Waals surface area contributed by atoms with Crippen molar-refractivity contribution < 1.29 is 4.57 Å². The first kappa shape index (κ1) is 16.7. The van der Waals surface area contributed by atoms with Gasteiger partial charge in [0.1, 0.15) is 7.14 Å². The van der Waals surface area contributed by atoms with E-state index in [1.165, 1.54) is 0 Å². The summed E-state index contributed by atoms with van der Waals surface area (Å²) >= 11 is 3.77. The number of rotatable bonds is 3. The van der Waals surface area contributed by atoms with Crippen molar-refractivity contribution in [3.63, 3.8) is 0 Å². The van der Waals surface area contributed by atoms with Gasteiger partial charge < -0.3 is 4.57 Å². The smallest absolute Gasteiger partial charge is 0.121 e. The highest BCUT2D eigenvalue weighted by molar-refractivity contribution is 9.10. The fourth-order valence-corrected chi connectivity index (χ4v) is 7.60. The lowest BCUT2D eigenvalue weighted by Gasteiger charge is -2.29. The van der Waals surface area contributed by atoms with Gasteiger partial charge in [-0.1, -0.05) is 76.2 Å². The molecule has 0 spiro atoms. The van der Waals surface area contributed by atoms with Crippen LogP contribution in [0.15, 0.2) is 53.0 Å². The zero-order valence-electron chi connectivity index (χ0n) is 14.0. The lowest BCUT2D eigenvalue weighted by Crippen LogP contribution is -2.21.